The smallest absolute Gasteiger partial charge is 0.330 e. The molecule has 12 heavy (non-hydrogen) atoms. The lowest BCUT2D eigenvalue weighted by molar-refractivity contribution is -0.132. The molecule has 0 aliphatic rings. The highest BCUT2D eigenvalue weighted by Gasteiger charge is 2.02. The first kappa shape index (κ1) is 11.2. The van der Waals surface area contributed by atoms with Gasteiger partial charge in [-0.2, -0.15) is 0 Å². The van der Waals surface area contributed by atoms with E-state index >= 15 is 0 Å². The molecule has 0 amide bonds. The highest BCUT2D eigenvalue weighted by atomic mass is 16.4. The molecular formula is C10H18O2. The molecule has 0 aromatic rings. The Balaban J connectivity index is 3.87. The summed E-state index contributed by atoms with van der Waals surface area (Å²) in [6.07, 6.45) is 5.26. The quantitative estimate of drug-likeness (QED) is 0.644. The molecule has 0 heterocycles. The number of hydrogen-bond donors (Lipinski definition) is 1. The molecule has 0 aromatic carbocycles. The molecule has 1 atom stereocenters. The second kappa shape index (κ2) is 5.81. The number of allylic oxidation sites excluding steroid dienone is 1. The van der Waals surface area contributed by atoms with Gasteiger partial charge in [-0.15, -0.1) is 0 Å². The lowest BCUT2D eigenvalue weighted by atomic mass is 10.0. The van der Waals surface area contributed by atoms with Crippen LogP contribution >= 0.6 is 0 Å². The number of aliphatic carboxylic acids is 1. The van der Waals surface area contributed by atoms with Gasteiger partial charge in [0.25, 0.3) is 0 Å². The van der Waals surface area contributed by atoms with Gasteiger partial charge in [0.15, 0.2) is 0 Å². The standard InChI is InChI=1S/C10H18O2/c1-4-5-6-8(2)7-9(3)10(11)12/h7-8H,4-6H2,1-3H3,(H,11,12)/b9-7-. The minimum atomic E-state index is -0.807. The Morgan fingerprint density at radius 2 is 2.17 bits per heavy atom. The first-order chi connectivity index (χ1) is 5.57. The van der Waals surface area contributed by atoms with Crippen molar-refractivity contribution >= 4 is 5.97 Å². The maximum Gasteiger partial charge on any atom is 0.330 e. The number of rotatable bonds is 5. The summed E-state index contributed by atoms with van der Waals surface area (Å²) >= 11 is 0. The Morgan fingerprint density at radius 1 is 1.58 bits per heavy atom. The van der Waals surface area contributed by atoms with Crippen molar-refractivity contribution in [2.45, 2.75) is 40.0 Å². The summed E-state index contributed by atoms with van der Waals surface area (Å²) in [4.78, 5) is 10.4. The molecule has 0 saturated heterocycles. The van der Waals surface area contributed by atoms with Crippen molar-refractivity contribution in [1.82, 2.24) is 0 Å². The van der Waals surface area contributed by atoms with Crippen molar-refractivity contribution in [3.8, 4) is 0 Å². The van der Waals surface area contributed by atoms with Crippen molar-refractivity contribution in [2.75, 3.05) is 0 Å². The maximum absolute atomic E-state index is 10.4. The van der Waals surface area contributed by atoms with Crippen LogP contribution in [0.1, 0.15) is 40.0 Å². The summed E-state index contributed by atoms with van der Waals surface area (Å²) in [6, 6.07) is 0. The molecule has 0 radical (unpaired) electrons. The van der Waals surface area contributed by atoms with Gasteiger partial charge in [0, 0.05) is 5.57 Å². The van der Waals surface area contributed by atoms with Crippen molar-refractivity contribution in [1.29, 1.82) is 0 Å². The van der Waals surface area contributed by atoms with E-state index in [1.54, 1.807) is 6.92 Å². The average molecular weight is 170 g/mol. The van der Waals surface area contributed by atoms with Crippen LogP contribution in [0.4, 0.5) is 0 Å². The van der Waals surface area contributed by atoms with Crippen LogP contribution in [0.5, 0.6) is 0 Å². The van der Waals surface area contributed by atoms with Gasteiger partial charge in [-0.25, -0.2) is 4.79 Å². The molecule has 2 nitrogen and oxygen atoms in total. The second-order valence-corrected chi connectivity index (χ2v) is 3.27. The zero-order chi connectivity index (χ0) is 9.56. The van der Waals surface area contributed by atoms with Crippen molar-refractivity contribution < 1.29 is 9.90 Å². The van der Waals surface area contributed by atoms with Gasteiger partial charge in [0.05, 0.1) is 0 Å². The third-order valence-corrected chi connectivity index (χ3v) is 1.88. The van der Waals surface area contributed by atoms with Gasteiger partial charge in [-0.05, 0) is 19.3 Å². The highest BCUT2D eigenvalue weighted by molar-refractivity contribution is 5.85. The molecule has 0 bridgehead atoms. The minimum absolute atomic E-state index is 0.390. The number of hydrogen-bond acceptors (Lipinski definition) is 1. The molecule has 0 fully saturated rings. The van der Waals surface area contributed by atoms with Crippen LogP contribution in [-0.4, -0.2) is 11.1 Å². The van der Waals surface area contributed by atoms with Crippen LogP contribution in [0.25, 0.3) is 0 Å². The fraction of sp³-hybridized carbons (Fsp3) is 0.700. The van der Waals surface area contributed by atoms with E-state index in [2.05, 4.69) is 13.8 Å². The van der Waals surface area contributed by atoms with Gasteiger partial charge in [-0.1, -0.05) is 32.8 Å². The Kier molecular flexibility index (Phi) is 5.43. The van der Waals surface area contributed by atoms with Gasteiger partial charge in [0.1, 0.15) is 0 Å². The monoisotopic (exact) mass is 170 g/mol. The van der Waals surface area contributed by atoms with Crippen LogP contribution in [0.15, 0.2) is 11.6 Å². The van der Waals surface area contributed by atoms with E-state index < -0.39 is 5.97 Å². The van der Waals surface area contributed by atoms with Gasteiger partial charge in [0.2, 0.25) is 0 Å². The number of carboxylic acids is 1. The predicted molar refractivity (Wildman–Crippen MR) is 50.1 cm³/mol. The summed E-state index contributed by atoms with van der Waals surface area (Å²) in [7, 11) is 0. The Labute approximate surface area is 74.3 Å². The second-order valence-electron chi connectivity index (χ2n) is 3.27. The molecular weight excluding hydrogens is 152 g/mol. The summed E-state index contributed by atoms with van der Waals surface area (Å²) in [5, 5.41) is 8.59. The molecule has 0 aliphatic carbocycles. The molecule has 0 spiro atoms. The van der Waals surface area contributed by atoms with Crippen molar-refractivity contribution in [3.63, 3.8) is 0 Å². The van der Waals surface area contributed by atoms with E-state index in [9.17, 15) is 4.79 Å². The van der Waals surface area contributed by atoms with E-state index in [1.807, 2.05) is 6.08 Å². The Hall–Kier alpha value is -0.790. The fourth-order valence-electron chi connectivity index (χ4n) is 1.11. The summed E-state index contributed by atoms with van der Waals surface area (Å²) in [5.74, 6) is -0.417. The van der Waals surface area contributed by atoms with Crippen LogP contribution in [-0.2, 0) is 4.79 Å². The molecule has 0 rings (SSSR count). The fourth-order valence-corrected chi connectivity index (χ4v) is 1.11. The van der Waals surface area contributed by atoms with Gasteiger partial charge >= 0.3 is 5.97 Å². The largest absolute Gasteiger partial charge is 0.478 e. The molecule has 0 aromatic heterocycles. The zero-order valence-electron chi connectivity index (χ0n) is 8.13. The van der Waals surface area contributed by atoms with Crippen LogP contribution in [0.3, 0.4) is 0 Å². The van der Waals surface area contributed by atoms with Gasteiger partial charge in [-0.3, -0.25) is 0 Å². The van der Waals surface area contributed by atoms with Gasteiger partial charge < -0.3 is 5.11 Å². The lowest BCUT2D eigenvalue weighted by Crippen LogP contribution is -1.99. The van der Waals surface area contributed by atoms with Crippen LogP contribution in [0, 0.1) is 5.92 Å². The molecule has 1 N–H and O–H groups in total. The Bertz CT molecular complexity index is 171. The van der Waals surface area contributed by atoms with Crippen LogP contribution < -0.4 is 0 Å². The molecule has 0 saturated carbocycles. The van der Waals surface area contributed by atoms with Crippen LogP contribution in [0.2, 0.25) is 0 Å². The molecule has 70 valence electrons. The summed E-state index contributed by atoms with van der Waals surface area (Å²) in [6.45, 7) is 5.84. The lowest BCUT2D eigenvalue weighted by Gasteiger charge is -2.04. The first-order valence-corrected chi connectivity index (χ1v) is 4.49. The van der Waals surface area contributed by atoms with E-state index in [1.165, 1.54) is 12.8 Å². The maximum atomic E-state index is 10.4. The highest BCUT2D eigenvalue weighted by Crippen LogP contribution is 2.11. The normalized spacial score (nSPS) is 14.4. The average Bonchev–Trinajstić information content (AvgIpc) is 2.00. The summed E-state index contributed by atoms with van der Waals surface area (Å²) in [5.41, 5.74) is 0.457. The first-order valence-electron chi connectivity index (χ1n) is 4.49. The predicted octanol–water partition coefficient (Wildman–Crippen LogP) is 2.84. The van der Waals surface area contributed by atoms with E-state index in [4.69, 9.17) is 5.11 Å². The third-order valence-electron chi connectivity index (χ3n) is 1.88. The number of carbonyl (C=O) groups is 1. The van der Waals surface area contributed by atoms with E-state index in [0.717, 1.165) is 6.42 Å². The SMILES string of the molecule is CCCCC(C)/C=C(/C)C(=O)O. The molecule has 1 unspecified atom stereocenters. The molecule has 0 aliphatic heterocycles. The van der Waals surface area contributed by atoms with Crippen molar-refractivity contribution in [2.24, 2.45) is 5.92 Å². The third kappa shape index (κ3) is 4.94. The minimum Gasteiger partial charge on any atom is -0.478 e. The molecule has 2 heteroatoms. The van der Waals surface area contributed by atoms with Crippen molar-refractivity contribution in [3.05, 3.63) is 11.6 Å². The zero-order valence-corrected chi connectivity index (χ0v) is 8.13. The van der Waals surface area contributed by atoms with E-state index in [0.29, 0.717) is 11.5 Å². The number of unbranched alkanes of at least 4 members (excludes halogenated alkanes) is 1. The van der Waals surface area contributed by atoms with E-state index in [-0.39, 0.29) is 0 Å². The number of carboxylic acid groups (broad SMARTS) is 1. The topological polar surface area (TPSA) is 37.3 Å². The Morgan fingerprint density at radius 3 is 2.58 bits per heavy atom. The summed E-state index contributed by atoms with van der Waals surface area (Å²) < 4.78 is 0.